The Hall–Kier alpha value is -3.47. The van der Waals surface area contributed by atoms with Crippen LogP contribution in [0.2, 0.25) is 0 Å². The number of benzene rings is 1. The Labute approximate surface area is 256 Å². The summed E-state index contributed by atoms with van der Waals surface area (Å²) >= 11 is 0. The van der Waals surface area contributed by atoms with Gasteiger partial charge < -0.3 is 24.8 Å². The molecule has 2 aromatic heterocycles. The van der Waals surface area contributed by atoms with Gasteiger partial charge >= 0.3 is 19.8 Å². The first-order valence-corrected chi connectivity index (χ1v) is 16.0. The van der Waals surface area contributed by atoms with Crippen LogP contribution in [0, 0.1) is 0 Å². The van der Waals surface area contributed by atoms with Crippen LogP contribution in [0.5, 0.6) is 11.6 Å². The van der Waals surface area contributed by atoms with Crippen LogP contribution in [0.15, 0.2) is 36.7 Å². The average Bonchev–Trinajstić information content (AvgIpc) is 3.50. The molecule has 0 bridgehead atoms. The van der Waals surface area contributed by atoms with Crippen molar-refractivity contribution in [3.63, 3.8) is 0 Å². The van der Waals surface area contributed by atoms with Crippen molar-refractivity contribution < 1.29 is 51.5 Å². The smallest absolute Gasteiger partial charge is 0.476 e. The molecule has 1 aliphatic heterocycles. The number of imidazole rings is 1. The summed E-state index contributed by atoms with van der Waals surface area (Å²) in [6.07, 6.45) is 0.370. The first kappa shape index (κ1) is 32.9. The molecule has 1 saturated carbocycles. The van der Waals surface area contributed by atoms with Crippen molar-refractivity contribution in [1.82, 2.24) is 24.6 Å². The zero-order chi connectivity index (χ0) is 32.4. The van der Waals surface area contributed by atoms with Gasteiger partial charge in [0.25, 0.3) is 0 Å². The van der Waals surface area contributed by atoms with Gasteiger partial charge in [-0.15, -0.1) is 4.67 Å². The Morgan fingerprint density at radius 2 is 1.96 bits per heavy atom. The summed E-state index contributed by atoms with van der Waals surface area (Å²) in [6.45, 7) is 4.08. The molecule has 1 aromatic carbocycles. The zero-order valence-corrected chi connectivity index (χ0v) is 25.7. The fourth-order valence-corrected chi connectivity index (χ4v) is 6.34. The molecule has 1 saturated heterocycles. The highest BCUT2D eigenvalue weighted by Gasteiger charge is 2.67. The third-order valence-electron chi connectivity index (χ3n) is 7.32. The number of nitrogens with one attached hydrogen (secondary N) is 1. The Morgan fingerprint density at radius 1 is 1.24 bits per heavy atom. The number of halogens is 2. The summed E-state index contributed by atoms with van der Waals surface area (Å²) in [7, 11) is -4.81. The van der Waals surface area contributed by atoms with E-state index in [-0.39, 0.29) is 41.5 Å². The Kier molecular flexibility index (Phi) is 9.58. The van der Waals surface area contributed by atoms with Crippen LogP contribution in [0.3, 0.4) is 0 Å². The number of nitrogens with zero attached hydrogens (tertiary/aromatic N) is 4. The molecule has 2 fully saturated rings. The number of aliphatic hydroxyl groups is 1. The van der Waals surface area contributed by atoms with Crippen molar-refractivity contribution in [2.45, 2.75) is 89.1 Å². The van der Waals surface area contributed by atoms with Gasteiger partial charge in [0, 0.05) is 0 Å². The van der Waals surface area contributed by atoms with E-state index in [1.807, 2.05) is 0 Å². The number of hydrogen-bond acceptors (Lipinski definition) is 13. The lowest BCUT2D eigenvalue weighted by Crippen LogP contribution is -2.46. The second-order valence-corrected chi connectivity index (χ2v) is 12.4. The lowest BCUT2D eigenvalue weighted by atomic mass is 9.98. The minimum atomic E-state index is -4.81. The second-order valence-electron chi connectivity index (χ2n) is 10.9. The fourth-order valence-electron chi connectivity index (χ4n) is 5.04. The molecular formula is C27H35F2N6O9P. The topological polar surface area (TPSA) is 191 Å². The van der Waals surface area contributed by atoms with Crippen LogP contribution in [0.1, 0.15) is 59.1 Å². The molecule has 0 spiro atoms. The number of nitrogens with two attached hydrogens (primary N) is 1. The lowest BCUT2D eigenvalue weighted by Gasteiger charge is -2.27. The van der Waals surface area contributed by atoms with Gasteiger partial charge in [-0.2, -0.15) is 24.3 Å². The maximum atomic E-state index is 16.1. The quantitative estimate of drug-likeness (QED) is 0.110. The first-order chi connectivity index (χ1) is 21.3. The molecule has 3 heterocycles. The lowest BCUT2D eigenvalue weighted by molar-refractivity contribution is -0.449. The number of carbonyl (C=O) groups excluding carboxylic acids is 1. The van der Waals surface area contributed by atoms with Gasteiger partial charge in [0.1, 0.15) is 17.9 Å². The number of esters is 1. The van der Waals surface area contributed by atoms with Crippen LogP contribution in [-0.2, 0) is 28.4 Å². The van der Waals surface area contributed by atoms with Gasteiger partial charge in [0.15, 0.2) is 29.2 Å². The molecule has 15 nitrogen and oxygen atoms in total. The van der Waals surface area contributed by atoms with Gasteiger partial charge in [-0.3, -0.25) is 14.1 Å². The molecule has 3 aromatic rings. The predicted octanol–water partition coefficient (Wildman–Crippen LogP) is 4.04. The third-order valence-corrected chi connectivity index (χ3v) is 8.74. The Morgan fingerprint density at radius 3 is 2.64 bits per heavy atom. The molecule has 1 aliphatic carbocycles. The Balaban J connectivity index is 1.37. The van der Waals surface area contributed by atoms with Crippen molar-refractivity contribution in [1.29, 1.82) is 0 Å². The summed E-state index contributed by atoms with van der Waals surface area (Å²) in [5, 5.41) is 13.1. The first-order valence-electron chi connectivity index (χ1n) is 14.4. The maximum Gasteiger partial charge on any atom is 0.486 e. The molecule has 45 heavy (non-hydrogen) atoms. The summed E-state index contributed by atoms with van der Waals surface area (Å²) in [4.78, 5) is 29.6. The second kappa shape index (κ2) is 13.1. The van der Waals surface area contributed by atoms with E-state index in [1.54, 1.807) is 25.1 Å². The van der Waals surface area contributed by atoms with E-state index in [2.05, 4.69) is 20.0 Å². The number of ether oxygens (including phenoxy) is 3. The molecule has 246 valence electrons. The normalized spacial score (nSPS) is 27.6. The molecular weight excluding hydrogens is 621 g/mol. The van der Waals surface area contributed by atoms with Crippen molar-refractivity contribution in [3.8, 4) is 11.6 Å². The largest absolute Gasteiger partial charge is 0.486 e. The summed E-state index contributed by atoms with van der Waals surface area (Å²) < 4.78 is 73.4. The van der Waals surface area contributed by atoms with E-state index in [0.717, 1.165) is 37.1 Å². The summed E-state index contributed by atoms with van der Waals surface area (Å²) in [5.74, 6) is -1.03. The molecule has 6 atom stereocenters. The molecule has 0 unspecified atom stereocenters. The van der Waals surface area contributed by atoms with Crippen LogP contribution >= 0.6 is 7.75 Å². The molecule has 0 amide bonds. The van der Waals surface area contributed by atoms with E-state index < -0.39 is 43.8 Å². The van der Waals surface area contributed by atoms with Gasteiger partial charge in [-0.1, -0.05) is 24.6 Å². The molecule has 2 aliphatic rings. The summed E-state index contributed by atoms with van der Waals surface area (Å²) in [6, 6.07) is 2.57. The van der Waals surface area contributed by atoms with Gasteiger partial charge in [0.2, 0.25) is 11.8 Å². The van der Waals surface area contributed by atoms with E-state index >= 15 is 8.78 Å². The molecule has 18 heteroatoms. The van der Waals surface area contributed by atoms with Crippen molar-refractivity contribution in [2.75, 3.05) is 12.3 Å². The maximum absolute atomic E-state index is 16.1. The SMILES string of the molecule is CCOc1nc(N)nc2c1ncn2[C@@H]1O[C@](F)(OO[P@](=O)(N[C@@H](C)C(=O)OC2CCCCC2)Oc2ccccc2)[C@@H](O)[C@@]1(C)F. The minimum absolute atomic E-state index is 0.00829. The highest BCUT2D eigenvalue weighted by molar-refractivity contribution is 7.52. The van der Waals surface area contributed by atoms with Gasteiger partial charge in [0.05, 0.1) is 12.9 Å². The van der Waals surface area contributed by atoms with Crippen LogP contribution in [0.4, 0.5) is 14.7 Å². The third kappa shape index (κ3) is 7.03. The highest BCUT2D eigenvalue weighted by atomic mass is 31.2. The number of aromatic nitrogens is 4. The summed E-state index contributed by atoms with van der Waals surface area (Å²) in [5.41, 5.74) is 2.83. The predicted molar refractivity (Wildman–Crippen MR) is 153 cm³/mol. The minimum Gasteiger partial charge on any atom is -0.476 e. The standard InChI is InChI=1S/C27H35F2N6O9P/c1-4-39-21-19-20(32-25(30)33-21)35(15-31-19)24-26(3,28)23(37)27(29,41-24)43-44-45(38,42-18-13-9-6-10-14-18)34-16(2)22(36)40-17-11-7-5-8-12-17/h6,9-10,13-17,23-24,37H,4-5,7-8,11-12H2,1-3H3,(H,34,38)(H2,30,32,33)/t16-,23-,24+,26+,27-,45-/m0/s1. The number of nitrogen functional groups attached to an aromatic ring is 1. The zero-order valence-electron chi connectivity index (χ0n) is 24.8. The van der Waals surface area contributed by atoms with Crippen molar-refractivity contribution >= 4 is 30.8 Å². The molecule has 5 rings (SSSR count). The van der Waals surface area contributed by atoms with Gasteiger partial charge in [-0.25, -0.2) is 13.9 Å². The fraction of sp³-hybridized carbons (Fsp3) is 0.556. The number of anilines is 1. The highest BCUT2D eigenvalue weighted by Crippen LogP contribution is 2.52. The number of carbonyl (C=O) groups is 1. The molecule has 4 N–H and O–H groups in total. The van der Waals surface area contributed by atoms with Crippen LogP contribution in [0.25, 0.3) is 11.2 Å². The Bertz CT molecular complexity index is 1540. The van der Waals surface area contributed by atoms with E-state index in [9.17, 15) is 14.5 Å². The number of fused-ring (bicyclic) bond motifs is 1. The van der Waals surface area contributed by atoms with E-state index in [1.165, 1.54) is 19.1 Å². The molecule has 0 radical (unpaired) electrons. The van der Waals surface area contributed by atoms with Crippen LogP contribution in [-0.4, -0.2) is 67.2 Å². The van der Waals surface area contributed by atoms with Gasteiger partial charge in [-0.05, 0) is 58.6 Å². The monoisotopic (exact) mass is 656 g/mol. The van der Waals surface area contributed by atoms with Crippen molar-refractivity contribution in [3.05, 3.63) is 36.7 Å². The van der Waals surface area contributed by atoms with E-state index in [4.69, 9.17) is 34.0 Å². The van der Waals surface area contributed by atoms with Crippen LogP contribution < -0.4 is 20.1 Å². The number of hydrogen-bond donors (Lipinski definition) is 3. The number of rotatable bonds is 12. The van der Waals surface area contributed by atoms with E-state index in [0.29, 0.717) is 12.8 Å². The van der Waals surface area contributed by atoms with Crippen molar-refractivity contribution in [2.24, 2.45) is 0 Å². The average molecular weight is 657 g/mol. The number of aliphatic hydroxyl groups excluding tert-OH is 1. The number of alkyl halides is 2. The number of para-hydroxylation sites is 1.